The van der Waals surface area contributed by atoms with Gasteiger partial charge in [0.25, 0.3) is 0 Å². The lowest BCUT2D eigenvalue weighted by Crippen LogP contribution is -2.37. The van der Waals surface area contributed by atoms with E-state index in [1.165, 1.54) is 0 Å². The second kappa shape index (κ2) is 5.47. The molecule has 1 rings (SSSR count). The number of hydrogen-bond donors (Lipinski definition) is 2. The Hall–Kier alpha value is -0.130. The van der Waals surface area contributed by atoms with Crippen molar-refractivity contribution >= 4 is 9.84 Å². The molecule has 1 fully saturated rings. The lowest BCUT2D eigenvalue weighted by atomic mass is 9.79. The molecule has 3 N–H and O–H groups in total. The fraction of sp³-hybridized carbons (Fsp3) is 1.00. The van der Waals surface area contributed by atoms with E-state index in [1.54, 1.807) is 6.92 Å². The molecule has 96 valence electrons. The molecule has 0 radical (unpaired) electrons. The van der Waals surface area contributed by atoms with E-state index in [2.05, 4.69) is 0 Å². The maximum absolute atomic E-state index is 11.4. The molecule has 1 aliphatic rings. The Morgan fingerprint density at radius 2 is 2.06 bits per heavy atom. The number of sulfone groups is 1. The van der Waals surface area contributed by atoms with Crippen molar-refractivity contribution in [1.82, 2.24) is 0 Å². The van der Waals surface area contributed by atoms with Crippen LogP contribution in [0.5, 0.6) is 0 Å². The molecular formula is C11H23NO3S. The second-order valence-electron chi connectivity index (χ2n) is 4.84. The lowest BCUT2D eigenvalue weighted by Gasteiger charge is -2.30. The highest BCUT2D eigenvalue weighted by atomic mass is 32.2. The van der Waals surface area contributed by atoms with E-state index < -0.39 is 9.84 Å². The molecule has 0 amide bonds. The number of rotatable bonds is 8. The van der Waals surface area contributed by atoms with Gasteiger partial charge in [0.15, 0.2) is 0 Å². The zero-order chi connectivity index (χ0) is 12.2. The quantitative estimate of drug-likeness (QED) is 0.658. The van der Waals surface area contributed by atoms with E-state index in [0.29, 0.717) is 18.9 Å². The van der Waals surface area contributed by atoms with Crippen molar-refractivity contribution in [3.8, 4) is 0 Å². The molecule has 16 heavy (non-hydrogen) atoms. The molecule has 0 aliphatic heterocycles. The number of nitrogens with two attached hydrogens (primary N) is 1. The van der Waals surface area contributed by atoms with Crippen LogP contribution in [0.25, 0.3) is 0 Å². The fourth-order valence-corrected chi connectivity index (χ4v) is 3.10. The first-order valence-electron chi connectivity index (χ1n) is 6.01. The molecule has 4 nitrogen and oxygen atoms in total. The average Bonchev–Trinajstić information content (AvgIpc) is 3.09. The third-order valence-electron chi connectivity index (χ3n) is 3.73. The molecule has 1 saturated carbocycles. The number of hydrogen-bond acceptors (Lipinski definition) is 4. The topological polar surface area (TPSA) is 80.4 Å². The summed E-state index contributed by atoms with van der Waals surface area (Å²) in [5.41, 5.74) is 5.51. The highest BCUT2D eigenvalue weighted by molar-refractivity contribution is 7.91. The van der Waals surface area contributed by atoms with Gasteiger partial charge in [-0.1, -0.05) is 6.92 Å². The molecular weight excluding hydrogens is 226 g/mol. The Balaban J connectivity index is 2.45. The van der Waals surface area contributed by atoms with Crippen LogP contribution in [0, 0.1) is 11.3 Å². The molecule has 0 spiro atoms. The predicted molar refractivity (Wildman–Crippen MR) is 64.9 cm³/mol. The van der Waals surface area contributed by atoms with Crippen molar-refractivity contribution in [2.45, 2.75) is 32.6 Å². The van der Waals surface area contributed by atoms with Crippen LogP contribution in [0.15, 0.2) is 0 Å². The van der Waals surface area contributed by atoms with Gasteiger partial charge in [-0.3, -0.25) is 0 Å². The first kappa shape index (κ1) is 13.9. The van der Waals surface area contributed by atoms with Gasteiger partial charge in [0.2, 0.25) is 0 Å². The summed E-state index contributed by atoms with van der Waals surface area (Å²) in [6, 6.07) is 0. The minimum atomic E-state index is -2.89. The highest BCUT2D eigenvalue weighted by Gasteiger charge is 2.43. The Morgan fingerprint density at radius 3 is 2.44 bits per heavy atom. The summed E-state index contributed by atoms with van der Waals surface area (Å²) in [6.45, 7) is 2.21. The van der Waals surface area contributed by atoms with Crippen molar-refractivity contribution in [3.05, 3.63) is 0 Å². The van der Waals surface area contributed by atoms with Crippen molar-refractivity contribution in [1.29, 1.82) is 0 Å². The van der Waals surface area contributed by atoms with E-state index in [9.17, 15) is 13.5 Å². The molecule has 1 unspecified atom stereocenters. The third kappa shape index (κ3) is 3.43. The van der Waals surface area contributed by atoms with Gasteiger partial charge in [-0.25, -0.2) is 8.42 Å². The van der Waals surface area contributed by atoms with Gasteiger partial charge in [-0.2, -0.15) is 0 Å². The molecule has 5 heteroatoms. The van der Waals surface area contributed by atoms with Crippen LogP contribution in [-0.4, -0.2) is 38.2 Å². The molecule has 0 heterocycles. The monoisotopic (exact) mass is 249 g/mol. The molecule has 0 aromatic heterocycles. The van der Waals surface area contributed by atoms with Crippen molar-refractivity contribution in [2.24, 2.45) is 17.1 Å². The summed E-state index contributed by atoms with van der Waals surface area (Å²) in [5.74, 6) is 0.926. The summed E-state index contributed by atoms with van der Waals surface area (Å²) in [5, 5.41) is 9.44. The van der Waals surface area contributed by atoms with Crippen LogP contribution in [-0.2, 0) is 9.84 Å². The fourth-order valence-electron chi connectivity index (χ4n) is 2.23. The summed E-state index contributed by atoms with van der Waals surface area (Å²) in [4.78, 5) is 0. The molecule has 0 saturated heterocycles. The molecule has 0 aromatic carbocycles. The molecule has 1 aliphatic carbocycles. The van der Waals surface area contributed by atoms with Crippen molar-refractivity contribution in [2.75, 3.05) is 24.7 Å². The lowest BCUT2D eigenvalue weighted by molar-refractivity contribution is 0.0987. The highest BCUT2D eigenvalue weighted by Crippen LogP contribution is 2.47. The van der Waals surface area contributed by atoms with Crippen LogP contribution in [0.2, 0.25) is 0 Å². The van der Waals surface area contributed by atoms with Gasteiger partial charge in [0.1, 0.15) is 9.84 Å². The minimum absolute atomic E-state index is 0.0837. The van der Waals surface area contributed by atoms with Gasteiger partial charge in [-0.15, -0.1) is 0 Å². The Morgan fingerprint density at radius 1 is 1.44 bits per heavy atom. The zero-order valence-corrected chi connectivity index (χ0v) is 10.8. The standard InChI is InChI=1S/C11H23NO3S/c1-2-16(14,15)7-3-6-11(8-12,9-13)10-4-5-10/h10,13H,2-9,12H2,1H3. The van der Waals surface area contributed by atoms with Crippen LogP contribution in [0.1, 0.15) is 32.6 Å². The Kier molecular flexibility index (Phi) is 4.76. The molecule has 0 bridgehead atoms. The first-order chi connectivity index (χ1) is 7.49. The average molecular weight is 249 g/mol. The number of aliphatic hydroxyl groups excluding tert-OH is 1. The van der Waals surface area contributed by atoms with Gasteiger partial charge >= 0.3 is 0 Å². The number of aliphatic hydroxyl groups is 1. The van der Waals surface area contributed by atoms with E-state index in [0.717, 1.165) is 19.3 Å². The Labute approximate surface area is 98.1 Å². The van der Waals surface area contributed by atoms with E-state index in [4.69, 9.17) is 5.73 Å². The normalized spacial score (nSPS) is 20.7. The largest absolute Gasteiger partial charge is 0.396 e. The minimum Gasteiger partial charge on any atom is -0.396 e. The van der Waals surface area contributed by atoms with Gasteiger partial charge in [0, 0.05) is 17.7 Å². The van der Waals surface area contributed by atoms with Gasteiger partial charge in [-0.05, 0) is 31.6 Å². The van der Waals surface area contributed by atoms with Crippen LogP contribution in [0.4, 0.5) is 0 Å². The summed E-state index contributed by atoms with van der Waals surface area (Å²) in [6.07, 6.45) is 3.59. The zero-order valence-electron chi connectivity index (χ0n) is 9.98. The van der Waals surface area contributed by atoms with Crippen LogP contribution < -0.4 is 5.73 Å². The van der Waals surface area contributed by atoms with E-state index in [1.807, 2.05) is 0 Å². The summed E-state index contributed by atoms with van der Waals surface area (Å²) in [7, 11) is -2.89. The van der Waals surface area contributed by atoms with Gasteiger partial charge in [0.05, 0.1) is 12.4 Å². The van der Waals surface area contributed by atoms with Crippen molar-refractivity contribution < 1.29 is 13.5 Å². The third-order valence-corrected chi connectivity index (χ3v) is 5.52. The molecule has 1 atom stereocenters. The Bertz CT molecular complexity index is 305. The molecule has 0 aromatic rings. The van der Waals surface area contributed by atoms with Crippen molar-refractivity contribution in [3.63, 3.8) is 0 Å². The summed E-state index contributed by atoms with van der Waals surface area (Å²) >= 11 is 0. The maximum Gasteiger partial charge on any atom is 0.150 e. The smallest absolute Gasteiger partial charge is 0.150 e. The maximum atomic E-state index is 11.4. The summed E-state index contributed by atoms with van der Waals surface area (Å²) < 4.78 is 22.7. The second-order valence-corrected chi connectivity index (χ2v) is 7.31. The first-order valence-corrected chi connectivity index (χ1v) is 7.83. The SMILES string of the molecule is CCS(=O)(=O)CCCC(CN)(CO)C1CC1. The van der Waals surface area contributed by atoms with Gasteiger partial charge < -0.3 is 10.8 Å². The van der Waals surface area contributed by atoms with E-state index in [-0.39, 0.29) is 23.5 Å². The predicted octanol–water partition coefficient (Wildman–Crippen LogP) is 0.549. The van der Waals surface area contributed by atoms with E-state index >= 15 is 0 Å². The van der Waals surface area contributed by atoms with Crippen LogP contribution in [0.3, 0.4) is 0 Å². The van der Waals surface area contributed by atoms with Crippen LogP contribution >= 0.6 is 0 Å².